The van der Waals surface area contributed by atoms with Crippen LogP contribution >= 0.6 is 23.4 Å². The molecule has 1 N–H and O–H groups in total. The number of anilines is 1. The maximum absolute atomic E-state index is 12.1. The van der Waals surface area contributed by atoms with E-state index in [2.05, 4.69) is 22.1 Å². The van der Waals surface area contributed by atoms with Crippen molar-refractivity contribution >= 4 is 35.0 Å². The summed E-state index contributed by atoms with van der Waals surface area (Å²) in [7, 11) is 0. The van der Waals surface area contributed by atoms with Gasteiger partial charge in [0.1, 0.15) is 0 Å². The topological polar surface area (TPSA) is 59.8 Å². The first-order valence-electron chi connectivity index (χ1n) is 7.95. The number of carbonyl (C=O) groups is 1. The number of benzene rings is 2. The SMILES string of the molecule is C=CCn1c(SCC(=O)Nc2ccccc2)nnc1-c1ccc(Cl)cc1. The van der Waals surface area contributed by atoms with E-state index in [1.807, 2.05) is 59.2 Å². The van der Waals surface area contributed by atoms with Gasteiger partial charge in [0, 0.05) is 22.8 Å². The summed E-state index contributed by atoms with van der Waals surface area (Å²) in [6.45, 7) is 4.34. The Morgan fingerprint density at radius 3 is 2.58 bits per heavy atom. The van der Waals surface area contributed by atoms with Gasteiger partial charge in [0.2, 0.25) is 5.91 Å². The second-order valence-corrected chi connectivity index (χ2v) is 6.79. The zero-order chi connectivity index (χ0) is 18.4. The zero-order valence-electron chi connectivity index (χ0n) is 13.9. The summed E-state index contributed by atoms with van der Waals surface area (Å²) >= 11 is 7.29. The van der Waals surface area contributed by atoms with Crippen molar-refractivity contribution in [2.24, 2.45) is 0 Å². The molecule has 0 aliphatic heterocycles. The molecule has 1 amide bonds. The maximum Gasteiger partial charge on any atom is 0.234 e. The van der Waals surface area contributed by atoms with Crippen LogP contribution in [0.4, 0.5) is 5.69 Å². The first-order chi connectivity index (χ1) is 12.7. The predicted octanol–water partition coefficient (Wildman–Crippen LogP) is 4.52. The van der Waals surface area contributed by atoms with Gasteiger partial charge < -0.3 is 5.32 Å². The Balaban J connectivity index is 1.72. The number of nitrogens with zero attached hydrogens (tertiary/aromatic N) is 3. The molecule has 0 aliphatic carbocycles. The van der Waals surface area contributed by atoms with Gasteiger partial charge in [-0.2, -0.15) is 0 Å². The van der Waals surface area contributed by atoms with E-state index in [1.165, 1.54) is 11.8 Å². The molecule has 7 heteroatoms. The van der Waals surface area contributed by atoms with Crippen molar-refractivity contribution in [1.82, 2.24) is 14.8 Å². The van der Waals surface area contributed by atoms with E-state index in [0.717, 1.165) is 11.3 Å². The van der Waals surface area contributed by atoms with Gasteiger partial charge in [-0.05, 0) is 36.4 Å². The van der Waals surface area contributed by atoms with Crippen molar-refractivity contribution in [3.63, 3.8) is 0 Å². The van der Waals surface area contributed by atoms with Crippen LogP contribution in [0.15, 0.2) is 72.4 Å². The minimum Gasteiger partial charge on any atom is -0.325 e. The molecule has 0 aliphatic rings. The van der Waals surface area contributed by atoms with Gasteiger partial charge in [0.15, 0.2) is 11.0 Å². The average molecular weight is 385 g/mol. The largest absolute Gasteiger partial charge is 0.325 e. The molecule has 3 rings (SSSR count). The molecule has 26 heavy (non-hydrogen) atoms. The van der Waals surface area contributed by atoms with E-state index < -0.39 is 0 Å². The standard InChI is InChI=1S/C19H17ClN4OS/c1-2-12-24-18(14-8-10-15(20)11-9-14)22-23-19(24)26-13-17(25)21-16-6-4-3-5-7-16/h2-11H,1,12-13H2,(H,21,25). The summed E-state index contributed by atoms with van der Waals surface area (Å²) in [6.07, 6.45) is 1.77. The molecule has 3 aromatic rings. The number of carbonyl (C=O) groups excluding carboxylic acids is 1. The Bertz CT molecular complexity index is 894. The fourth-order valence-electron chi connectivity index (χ4n) is 2.35. The van der Waals surface area contributed by atoms with Crippen LogP contribution in [-0.4, -0.2) is 26.4 Å². The lowest BCUT2D eigenvalue weighted by atomic mass is 10.2. The molecule has 2 aromatic carbocycles. The Hall–Kier alpha value is -2.57. The number of allylic oxidation sites excluding steroid dienone is 1. The maximum atomic E-state index is 12.1. The fourth-order valence-corrected chi connectivity index (χ4v) is 3.22. The molecule has 0 radical (unpaired) electrons. The minimum atomic E-state index is -0.0950. The Labute approximate surface area is 161 Å². The monoisotopic (exact) mass is 384 g/mol. The highest BCUT2D eigenvalue weighted by molar-refractivity contribution is 7.99. The van der Waals surface area contributed by atoms with Crippen LogP contribution in [0.2, 0.25) is 5.02 Å². The van der Waals surface area contributed by atoms with Gasteiger partial charge in [0.05, 0.1) is 5.75 Å². The summed E-state index contributed by atoms with van der Waals surface area (Å²) in [5, 5.41) is 12.7. The van der Waals surface area contributed by atoms with Crippen LogP contribution in [0.3, 0.4) is 0 Å². The van der Waals surface area contributed by atoms with Crippen LogP contribution in [-0.2, 0) is 11.3 Å². The average Bonchev–Trinajstić information content (AvgIpc) is 3.05. The Kier molecular flexibility index (Phi) is 6.09. The second-order valence-electron chi connectivity index (χ2n) is 5.42. The van der Waals surface area contributed by atoms with E-state index in [4.69, 9.17) is 11.6 Å². The molecule has 1 heterocycles. The quantitative estimate of drug-likeness (QED) is 0.480. The van der Waals surface area contributed by atoms with Gasteiger partial charge in [-0.3, -0.25) is 9.36 Å². The summed E-state index contributed by atoms with van der Waals surface area (Å²) in [4.78, 5) is 12.1. The van der Waals surface area contributed by atoms with E-state index >= 15 is 0 Å². The highest BCUT2D eigenvalue weighted by Gasteiger charge is 2.15. The number of thioether (sulfide) groups is 1. The number of rotatable bonds is 7. The number of aromatic nitrogens is 3. The molecule has 132 valence electrons. The van der Waals surface area contributed by atoms with E-state index in [1.54, 1.807) is 6.08 Å². The van der Waals surface area contributed by atoms with Crippen LogP contribution in [0, 0.1) is 0 Å². The molecule has 0 spiro atoms. The van der Waals surface area contributed by atoms with Crippen molar-refractivity contribution in [2.75, 3.05) is 11.1 Å². The van der Waals surface area contributed by atoms with Crippen LogP contribution in [0.5, 0.6) is 0 Å². The lowest BCUT2D eigenvalue weighted by Gasteiger charge is -2.08. The highest BCUT2D eigenvalue weighted by Crippen LogP contribution is 2.25. The van der Waals surface area contributed by atoms with Crippen molar-refractivity contribution in [1.29, 1.82) is 0 Å². The number of nitrogens with one attached hydrogen (secondary N) is 1. The molecular formula is C19H17ClN4OS. The third-order valence-corrected chi connectivity index (χ3v) is 4.74. The number of hydrogen-bond donors (Lipinski definition) is 1. The van der Waals surface area contributed by atoms with Crippen LogP contribution < -0.4 is 5.32 Å². The van der Waals surface area contributed by atoms with E-state index in [0.29, 0.717) is 22.5 Å². The summed E-state index contributed by atoms with van der Waals surface area (Å²) in [5.74, 6) is 0.861. The normalized spacial score (nSPS) is 10.5. The number of halogens is 1. The predicted molar refractivity (Wildman–Crippen MR) is 106 cm³/mol. The van der Waals surface area contributed by atoms with Gasteiger partial charge in [-0.1, -0.05) is 47.6 Å². The zero-order valence-corrected chi connectivity index (χ0v) is 15.5. The van der Waals surface area contributed by atoms with Crippen molar-refractivity contribution in [2.45, 2.75) is 11.7 Å². The Morgan fingerprint density at radius 1 is 1.15 bits per heavy atom. The summed E-state index contributed by atoms with van der Waals surface area (Å²) in [5.41, 5.74) is 1.68. The van der Waals surface area contributed by atoms with Crippen molar-refractivity contribution in [3.05, 3.63) is 72.3 Å². The summed E-state index contributed by atoms with van der Waals surface area (Å²) in [6, 6.07) is 16.8. The molecule has 1 aromatic heterocycles. The van der Waals surface area contributed by atoms with Crippen LogP contribution in [0.25, 0.3) is 11.4 Å². The van der Waals surface area contributed by atoms with Gasteiger partial charge in [-0.25, -0.2) is 0 Å². The number of para-hydroxylation sites is 1. The van der Waals surface area contributed by atoms with E-state index in [-0.39, 0.29) is 11.7 Å². The van der Waals surface area contributed by atoms with Gasteiger partial charge >= 0.3 is 0 Å². The third kappa shape index (κ3) is 4.53. The Morgan fingerprint density at radius 2 is 1.88 bits per heavy atom. The molecule has 0 saturated carbocycles. The lowest BCUT2D eigenvalue weighted by Crippen LogP contribution is -2.14. The summed E-state index contributed by atoms with van der Waals surface area (Å²) < 4.78 is 1.93. The molecule has 0 unspecified atom stereocenters. The van der Waals surface area contributed by atoms with Crippen molar-refractivity contribution < 1.29 is 4.79 Å². The fraction of sp³-hybridized carbons (Fsp3) is 0.105. The first-order valence-corrected chi connectivity index (χ1v) is 9.31. The van der Waals surface area contributed by atoms with Crippen molar-refractivity contribution in [3.8, 4) is 11.4 Å². The molecule has 0 atom stereocenters. The van der Waals surface area contributed by atoms with E-state index in [9.17, 15) is 4.79 Å². The second kappa shape index (κ2) is 8.69. The minimum absolute atomic E-state index is 0.0950. The van der Waals surface area contributed by atoms with Gasteiger partial charge in [0.25, 0.3) is 0 Å². The molecular weight excluding hydrogens is 368 g/mol. The lowest BCUT2D eigenvalue weighted by molar-refractivity contribution is -0.113. The third-order valence-electron chi connectivity index (χ3n) is 3.52. The molecule has 0 bridgehead atoms. The number of hydrogen-bond acceptors (Lipinski definition) is 4. The highest BCUT2D eigenvalue weighted by atomic mass is 35.5. The first kappa shape index (κ1) is 18.2. The molecule has 5 nitrogen and oxygen atoms in total. The van der Waals surface area contributed by atoms with Gasteiger partial charge in [-0.15, -0.1) is 16.8 Å². The molecule has 0 fully saturated rings. The van der Waals surface area contributed by atoms with Crippen LogP contribution in [0.1, 0.15) is 0 Å². The smallest absolute Gasteiger partial charge is 0.234 e. The number of amides is 1. The molecule has 0 saturated heterocycles.